The Balaban J connectivity index is 0.970. The molecule has 3 aromatic carbocycles. The van der Waals surface area contributed by atoms with Crippen LogP contribution in [0.15, 0.2) is 54.6 Å². The minimum absolute atomic E-state index is 0.188. The molecule has 3 aromatic rings. The lowest BCUT2D eigenvalue weighted by Gasteiger charge is -2.36. The summed E-state index contributed by atoms with van der Waals surface area (Å²) in [6.07, 6.45) is -0.622. The van der Waals surface area contributed by atoms with Crippen LogP contribution in [0.5, 0.6) is 17.2 Å². The molecule has 1 N–H and O–H groups in total. The van der Waals surface area contributed by atoms with E-state index in [2.05, 4.69) is 9.80 Å². The van der Waals surface area contributed by atoms with E-state index in [0.717, 1.165) is 37.0 Å². The number of nitrogens with zero attached hydrogens (tertiary/aromatic N) is 3. The highest BCUT2D eigenvalue weighted by molar-refractivity contribution is 6.25. The smallest absolute Gasteiger partial charge is 0.261 e. The number of amides is 2. The third-order valence-electron chi connectivity index (χ3n) is 7.22. The summed E-state index contributed by atoms with van der Waals surface area (Å²) in [4.78, 5) is 32.0. The van der Waals surface area contributed by atoms with Gasteiger partial charge in [-0.1, -0.05) is 24.3 Å². The van der Waals surface area contributed by atoms with Crippen molar-refractivity contribution in [1.29, 1.82) is 0 Å². The number of aliphatic hydroxyl groups excluding tert-OH is 1. The fraction of sp³-hybridized carbons (Fsp3) is 0.357. The van der Waals surface area contributed by atoms with E-state index in [9.17, 15) is 14.7 Å². The van der Waals surface area contributed by atoms with Crippen LogP contribution < -0.4 is 14.2 Å². The zero-order valence-corrected chi connectivity index (χ0v) is 20.5. The van der Waals surface area contributed by atoms with Crippen LogP contribution in [0.1, 0.15) is 20.7 Å². The number of carbonyl (C=O) groups is 2. The van der Waals surface area contributed by atoms with Crippen molar-refractivity contribution in [3.05, 3.63) is 65.7 Å². The molecule has 0 bridgehead atoms. The van der Waals surface area contributed by atoms with Crippen LogP contribution in [0.3, 0.4) is 0 Å². The summed E-state index contributed by atoms with van der Waals surface area (Å²) in [5.74, 6) is 1.53. The van der Waals surface area contributed by atoms with Crippen molar-refractivity contribution < 1.29 is 28.9 Å². The molecule has 2 amide bonds. The molecule has 1 fully saturated rings. The van der Waals surface area contributed by atoms with Crippen LogP contribution in [0.25, 0.3) is 10.8 Å². The van der Waals surface area contributed by atoms with Crippen LogP contribution in [0, 0.1) is 0 Å². The standard InChI is InChI=1S/C28H29N3O6/c32-20(17-35-21-7-8-24-25(15-21)37-18-36-24)16-30-11-9-29(10-12-30)13-14-31-27(33)22-5-1-3-19-4-2-6-23(26(19)22)28(31)34/h1-8,15,20,32H,9-14,16-18H2/t20-/m0/s1. The molecular weight excluding hydrogens is 474 g/mol. The van der Waals surface area contributed by atoms with Gasteiger partial charge in [0.15, 0.2) is 11.5 Å². The Hall–Kier alpha value is -3.66. The second kappa shape index (κ2) is 10.0. The van der Waals surface area contributed by atoms with Crippen molar-refractivity contribution in [3.63, 3.8) is 0 Å². The first-order chi connectivity index (χ1) is 18.1. The van der Waals surface area contributed by atoms with Gasteiger partial charge in [-0.05, 0) is 29.7 Å². The second-order valence-corrected chi connectivity index (χ2v) is 9.59. The SMILES string of the molecule is O=C1c2cccc3cccc(c23)C(=O)N1CCN1CCN(C[C@H](O)COc2ccc3c(c2)OCO3)CC1. The van der Waals surface area contributed by atoms with Crippen LogP contribution in [0.4, 0.5) is 0 Å². The quantitative estimate of drug-likeness (QED) is 0.468. The van der Waals surface area contributed by atoms with Gasteiger partial charge in [-0.25, -0.2) is 0 Å². The van der Waals surface area contributed by atoms with Gasteiger partial charge >= 0.3 is 0 Å². The summed E-state index contributed by atoms with van der Waals surface area (Å²) in [6, 6.07) is 16.6. The Morgan fingerprint density at radius 1 is 0.838 bits per heavy atom. The highest BCUT2D eigenvalue weighted by atomic mass is 16.7. The first-order valence-corrected chi connectivity index (χ1v) is 12.6. The van der Waals surface area contributed by atoms with Gasteiger partial charge in [0.1, 0.15) is 18.5 Å². The van der Waals surface area contributed by atoms with Crippen LogP contribution >= 0.6 is 0 Å². The third kappa shape index (κ3) is 4.73. The van der Waals surface area contributed by atoms with E-state index < -0.39 is 6.10 Å². The molecule has 192 valence electrons. The summed E-state index contributed by atoms with van der Waals surface area (Å²) in [5.41, 5.74) is 1.18. The molecule has 0 saturated carbocycles. The Morgan fingerprint density at radius 2 is 1.51 bits per heavy atom. The Labute approximate surface area is 214 Å². The van der Waals surface area contributed by atoms with Gasteiger partial charge in [0, 0.05) is 68.4 Å². The van der Waals surface area contributed by atoms with Gasteiger partial charge in [-0.15, -0.1) is 0 Å². The minimum atomic E-state index is -0.622. The van der Waals surface area contributed by atoms with E-state index in [1.165, 1.54) is 4.90 Å². The number of hydrogen-bond acceptors (Lipinski definition) is 8. The number of benzene rings is 3. The Morgan fingerprint density at radius 3 is 2.24 bits per heavy atom. The average Bonchev–Trinajstić information content (AvgIpc) is 3.39. The van der Waals surface area contributed by atoms with Gasteiger partial charge in [-0.3, -0.25) is 24.3 Å². The molecule has 3 heterocycles. The van der Waals surface area contributed by atoms with E-state index in [4.69, 9.17) is 14.2 Å². The number of carbonyl (C=O) groups excluding carboxylic acids is 2. The molecule has 0 radical (unpaired) electrons. The molecular formula is C28H29N3O6. The average molecular weight is 504 g/mol. The molecule has 3 aliphatic heterocycles. The molecule has 9 nitrogen and oxygen atoms in total. The number of aliphatic hydroxyl groups is 1. The molecule has 0 aliphatic carbocycles. The summed E-state index contributed by atoms with van der Waals surface area (Å²) >= 11 is 0. The lowest BCUT2D eigenvalue weighted by Crippen LogP contribution is -2.51. The minimum Gasteiger partial charge on any atom is -0.491 e. The predicted molar refractivity (Wildman–Crippen MR) is 136 cm³/mol. The lowest BCUT2D eigenvalue weighted by atomic mass is 9.94. The number of piperazine rings is 1. The second-order valence-electron chi connectivity index (χ2n) is 9.59. The first-order valence-electron chi connectivity index (χ1n) is 12.6. The van der Waals surface area contributed by atoms with Gasteiger partial charge in [-0.2, -0.15) is 0 Å². The monoisotopic (exact) mass is 503 g/mol. The first kappa shape index (κ1) is 23.7. The number of hydrogen-bond donors (Lipinski definition) is 1. The van der Waals surface area contributed by atoms with E-state index in [0.29, 0.717) is 48.0 Å². The van der Waals surface area contributed by atoms with E-state index in [1.54, 1.807) is 30.3 Å². The number of imide groups is 1. The predicted octanol–water partition coefficient (Wildman–Crippen LogP) is 2.22. The summed E-state index contributed by atoms with van der Waals surface area (Å²) < 4.78 is 16.4. The molecule has 6 rings (SSSR count). The van der Waals surface area contributed by atoms with Crippen LogP contribution in [0.2, 0.25) is 0 Å². The van der Waals surface area contributed by atoms with Crippen molar-refractivity contribution in [3.8, 4) is 17.2 Å². The van der Waals surface area contributed by atoms with E-state index >= 15 is 0 Å². The molecule has 1 atom stereocenters. The third-order valence-corrected chi connectivity index (χ3v) is 7.22. The largest absolute Gasteiger partial charge is 0.491 e. The van der Waals surface area contributed by atoms with Crippen molar-refractivity contribution in [1.82, 2.24) is 14.7 Å². The zero-order valence-electron chi connectivity index (χ0n) is 20.5. The maximum atomic E-state index is 13.1. The number of ether oxygens (including phenoxy) is 3. The number of β-amino-alcohol motifs (C(OH)–C–C–N with tert-alkyl or cyclic N) is 1. The Bertz CT molecular complexity index is 1290. The van der Waals surface area contributed by atoms with Crippen molar-refractivity contribution >= 4 is 22.6 Å². The lowest BCUT2D eigenvalue weighted by molar-refractivity contribution is 0.0416. The van der Waals surface area contributed by atoms with Crippen molar-refractivity contribution in [2.45, 2.75) is 6.10 Å². The molecule has 9 heteroatoms. The highest BCUT2D eigenvalue weighted by Crippen LogP contribution is 2.35. The van der Waals surface area contributed by atoms with Gasteiger partial charge in [0.25, 0.3) is 11.8 Å². The molecule has 0 unspecified atom stereocenters. The van der Waals surface area contributed by atoms with Gasteiger partial charge in [0.2, 0.25) is 6.79 Å². The summed E-state index contributed by atoms with van der Waals surface area (Å²) in [7, 11) is 0. The normalized spacial score (nSPS) is 18.5. The van der Waals surface area contributed by atoms with E-state index in [1.807, 2.05) is 24.3 Å². The number of rotatable bonds is 8. The van der Waals surface area contributed by atoms with Crippen molar-refractivity contribution in [2.75, 3.05) is 59.2 Å². The molecule has 0 spiro atoms. The molecule has 1 saturated heterocycles. The van der Waals surface area contributed by atoms with Crippen LogP contribution in [-0.2, 0) is 0 Å². The molecule has 3 aliphatic rings. The summed E-state index contributed by atoms with van der Waals surface area (Å²) in [6.45, 7) is 5.10. The topological polar surface area (TPSA) is 91.8 Å². The molecule has 37 heavy (non-hydrogen) atoms. The molecule has 0 aromatic heterocycles. The van der Waals surface area contributed by atoms with Gasteiger partial charge < -0.3 is 19.3 Å². The van der Waals surface area contributed by atoms with Gasteiger partial charge in [0.05, 0.1) is 0 Å². The zero-order chi connectivity index (χ0) is 25.4. The Kier molecular flexibility index (Phi) is 6.42. The maximum absolute atomic E-state index is 13.1. The maximum Gasteiger partial charge on any atom is 0.261 e. The number of fused-ring (bicyclic) bond motifs is 1. The van der Waals surface area contributed by atoms with Crippen LogP contribution in [-0.4, -0.2) is 96.9 Å². The fourth-order valence-corrected chi connectivity index (χ4v) is 5.23. The van der Waals surface area contributed by atoms with E-state index in [-0.39, 0.29) is 25.2 Å². The van der Waals surface area contributed by atoms with Crippen molar-refractivity contribution in [2.24, 2.45) is 0 Å². The fourth-order valence-electron chi connectivity index (χ4n) is 5.23. The highest BCUT2D eigenvalue weighted by Gasteiger charge is 2.33. The summed E-state index contributed by atoms with van der Waals surface area (Å²) in [5, 5.41) is 12.1.